The SMILES string of the molecule is Cc1ccc(Nc2c(F)c(F)cc(F)c2NC2(CC(C)O)CC2)cc1. The molecule has 25 heavy (non-hydrogen) atoms. The van der Waals surface area contributed by atoms with Crippen molar-refractivity contribution in [2.45, 2.75) is 44.8 Å². The lowest BCUT2D eigenvalue weighted by Crippen LogP contribution is -2.27. The summed E-state index contributed by atoms with van der Waals surface area (Å²) in [4.78, 5) is 0. The second kappa shape index (κ2) is 6.59. The third kappa shape index (κ3) is 3.90. The molecule has 0 aliphatic heterocycles. The van der Waals surface area contributed by atoms with Crippen LogP contribution in [0.1, 0.15) is 31.7 Å². The maximum Gasteiger partial charge on any atom is 0.184 e. The Kier molecular flexibility index (Phi) is 4.64. The van der Waals surface area contributed by atoms with Gasteiger partial charge in [0.05, 0.1) is 11.8 Å². The molecule has 0 saturated heterocycles. The molecular weight excluding hydrogens is 329 g/mol. The molecule has 6 heteroatoms. The number of anilines is 3. The molecule has 3 N–H and O–H groups in total. The third-order valence-electron chi connectivity index (χ3n) is 4.42. The van der Waals surface area contributed by atoms with Gasteiger partial charge in [0.15, 0.2) is 17.5 Å². The monoisotopic (exact) mass is 350 g/mol. The van der Waals surface area contributed by atoms with E-state index in [-0.39, 0.29) is 11.4 Å². The van der Waals surface area contributed by atoms with Crippen molar-refractivity contribution in [2.75, 3.05) is 10.6 Å². The number of aliphatic hydroxyl groups is 1. The van der Waals surface area contributed by atoms with Crippen LogP contribution in [0.2, 0.25) is 0 Å². The van der Waals surface area contributed by atoms with Crippen molar-refractivity contribution in [3.05, 3.63) is 53.3 Å². The van der Waals surface area contributed by atoms with Gasteiger partial charge in [-0.3, -0.25) is 0 Å². The van der Waals surface area contributed by atoms with Crippen LogP contribution in [0, 0.1) is 24.4 Å². The van der Waals surface area contributed by atoms with Crippen LogP contribution in [0.4, 0.5) is 30.2 Å². The van der Waals surface area contributed by atoms with Crippen LogP contribution < -0.4 is 10.6 Å². The molecule has 134 valence electrons. The first-order valence-corrected chi connectivity index (χ1v) is 8.27. The zero-order chi connectivity index (χ0) is 18.2. The average molecular weight is 350 g/mol. The van der Waals surface area contributed by atoms with Gasteiger partial charge in [0.25, 0.3) is 0 Å². The topological polar surface area (TPSA) is 44.3 Å². The summed E-state index contributed by atoms with van der Waals surface area (Å²) in [6.45, 7) is 3.56. The number of halogens is 3. The van der Waals surface area contributed by atoms with Gasteiger partial charge < -0.3 is 15.7 Å². The molecule has 0 aromatic heterocycles. The number of benzene rings is 2. The fourth-order valence-corrected chi connectivity index (χ4v) is 2.98. The van der Waals surface area contributed by atoms with Crippen molar-refractivity contribution >= 4 is 17.1 Å². The number of aliphatic hydroxyl groups excluding tert-OH is 1. The van der Waals surface area contributed by atoms with Gasteiger partial charge in [-0.2, -0.15) is 0 Å². The Hall–Kier alpha value is -2.21. The van der Waals surface area contributed by atoms with Gasteiger partial charge in [0.2, 0.25) is 0 Å². The second-order valence-corrected chi connectivity index (χ2v) is 6.85. The van der Waals surface area contributed by atoms with Crippen LogP contribution in [0.5, 0.6) is 0 Å². The summed E-state index contributed by atoms with van der Waals surface area (Å²) in [6.07, 6.45) is 1.31. The Morgan fingerprint density at radius 2 is 1.72 bits per heavy atom. The summed E-state index contributed by atoms with van der Waals surface area (Å²) in [5, 5.41) is 15.4. The molecule has 3 rings (SSSR count). The van der Waals surface area contributed by atoms with Gasteiger partial charge in [-0.1, -0.05) is 17.7 Å². The van der Waals surface area contributed by atoms with E-state index in [1.807, 2.05) is 19.1 Å². The summed E-state index contributed by atoms with van der Waals surface area (Å²) in [5.74, 6) is -3.26. The van der Waals surface area contributed by atoms with E-state index in [9.17, 15) is 18.3 Å². The van der Waals surface area contributed by atoms with E-state index in [0.717, 1.165) is 18.4 Å². The minimum absolute atomic E-state index is 0.113. The third-order valence-corrected chi connectivity index (χ3v) is 4.42. The summed E-state index contributed by atoms with van der Waals surface area (Å²) in [5.41, 5.74) is 0.681. The number of hydrogen-bond donors (Lipinski definition) is 3. The van der Waals surface area contributed by atoms with Crippen molar-refractivity contribution in [2.24, 2.45) is 0 Å². The van der Waals surface area contributed by atoms with Crippen LogP contribution in [-0.2, 0) is 0 Å². The summed E-state index contributed by atoms with van der Waals surface area (Å²) >= 11 is 0. The first-order chi connectivity index (χ1) is 11.8. The molecule has 1 aliphatic rings. The zero-order valence-corrected chi connectivity index (χ0v) is 14.2. The van der Waals surface area contributed by atoms with Gasteiger partial charge in [-0.15, -0.1) is 0 Å². The molecule has 1 saturated carbocycles. The molecule has 0 amide bonds. The molecule has 3 nitrogen and oxygen atoms in total. The average Bonchev–Trinajstić information content (AvgIpc) is 3.29. The summed E-state index contributed by atoms with van der Waals surface area (Å²) in [7, 11) is 0. The molecule has 1 atom stereocenters. The maximum atomic E-state index is 14.4. The largest absolute Gasteiger partial charge is 0.393 e. The number of aryl methyl sites for hydroxylation is 1. The lowest BCUT2D eigenvalue weighted by atomic mass is 10.1. The molecule has 0 bridgehead atoms. The van der Waals surface area contributed by atoms with E-state index in [2.05, 4.69) is 10.6 Å². The molecule has 0 radical (unpaired) electrons. The quantitative estimate of drug-likeness (QED) is 0.651. The lowest BCUT2D eigenvalue weighted by molar-refractivity contribution is 0.174. The first-order valence-electron chi connectivity index (χ1n) is 8.27. The molecule has 2 aromatic carbocycles. The standard InChI is InChI=1S/C19H21F3N2O/c1-11-3-5-13(6-4-11)23-18-16(22)14(20)9-15(21)17(18)24-19(7-8-19)10-12(2)25/h3-6,9,12,23-25H,7-8,10H2,1-2H3. The highest BCUT2D eigenvalue weighted by molar-refractivity contribution is 5.76. The van der Waals surface area contributed by atoms with Gasteiger partial charge in [-0.25, -0.2) is 13.2 Å². The predicted octanol–water partition coefficient (Wildman–Crippen LogP) is 4.87. The highest BCUT2D eigenvalue weighted by Gasteiger charge is 2.44. The lowest BCUT2D eigenvalue weighted by Gasteiger charge is -2.23. The Morgan fingerprint density at radius 1 is 1.08 bits per heavy atom. The minimum Gasteiger partial charge on any atom is -0.393 e. The Balaban J connectivity index is 1.96. The fraction of sp³-hybridized carbons (Fsp3) is 0.368. The van der Waals surface area contributed by atoms with E-state index < -0.39 is 29.1 Å². The van der Waals surface area contributed by atoms with E-state index in [1.54, 1.807) is 19.1 Å². The Morgan fingerprint density at radius 3 is 2.28 bits per heavy atom. The van der Waals surface area contributed by atoms with Crippen molar-refractivity contribution in [3.63, 3.8) is 0 Å². The van der Waals surface area contributed by atoms with Gasteiger partial charge in [0.1, 0.15) is 5.69 Å². The first kappa shape index (κ1) is 17.6. The van der Waals surface area contributed by atoms with Crippen LogP contribution in [0.15, 0.2) is 30.3 Å². The Bertz CT molecular complexity index is 771. The number of nitrogens with one attached hydrogen (secondary N) is 2. The van der Waals surface area contributed by atoms with Gasteiger partial charge >= 0.3 is 0 Å². The van der Waals surface area contributed by atoms with Crippen molar-refractivity contribution in [1.29, 1.82) is 0 Å². The van der Waals surface area contributed by atoms with E-state index in [0.29, 0.717) is 18.2 Å². The Labute approximate surface area is 144 Å². The molecule has 1 fully saturated rings. The molecule has 0 heterocycles. The van der Waals surface area contributed by atoms with Crippen LogP contribution in [0.3, 0.4) is 0 Å². The van der Waals surface area contributed by atoms with Crippen LogP contribution in [0.25, 0.3) is 0 Å². The van der Waals surface area contributed by atoms with E-state index in [1.165, 1.54) is 0 Å². The summed E-state index contributed by atoms with van der Waals surface area (Å²) in [6, 6.07) is 7.60. The smallest absolute Gasteiger partial charge is 0.184 e. The highest BCUT2D eigenvalue weighted by atomic mass is 19.2. The molecular formula is C19H21F3N2O. The van der Waals surface area contributed by atoms with Crippen LogP contribution in [-0.4, -0.2) is 16.7 Å². The zero-order valence-electron chi connectivity index (χ0n) is 14.2. The number of hydrogen-bond acceptors (Lipinski definition) is 3. The molecule has 0 spiro atoms. The van der Waals surface area contributed by atoms with E-state index >= 15 is 0 Å². The molecule has 1 aliphatic carbocycles. The van der Waals surface area contributed by atoms with E-state index in [4.69, 9.17) is 0 Å². The number of rotatable bonds is 6. The second-order valence-electron chi connectivity index (χ2n) is 6.85. The van der Waals surface area contributed by atoms with Gasteiger partial charge in [-0.05, 0) is 45.2 Å². The van der Waals surface area contributed by atoms with Crippen molar-refractivity contribution < 1.29 is 18.3 Å². The highest BCUT2D eigenvalue weighted by Crippen LogP contribution is 2.46. The van der Waals surface area contributed by atoms with Gasteiger partial charge in [0, 0.05) is 17.3 Å². The normalized spacial score (nSPS) is 16.4. The van der Waals surface area contributed by atoms with Crippen molar-refractivity contribution in [3.8, 4) is 0 Å². The predicted molar refractivity (Wildman–Crippen MR) is 92.7 cm³/mol. The maximum absolute atomic E-state index is 14.4. The fourth-order valence-electron chi connectivity index (χ4n) is 2.98. The van der Waals surface area contributed by atoms with Crippen LogP contribution >= 0.6 is 0 Å². The van der Waals surface area contributed by atoms with Crippen molar-refractivity contribution in [1.82, 2.24) is 0 Å². The minimum atomic E-state index is -1.25. The summed E-state index contributed by atoms with van der Waals surface area (Å²) < 4.78 is 42.5. The molecule has 2 aromatic rings. The molecule has 1 unspecified atom stereocenters.